The van der Waals surface area contributed by atoms with Crippen molar-refractivity contribution in [3.63, 3.8) is 0 Å². The van der Waals surface area contributed by atoms with E-state index in [1.807, 2.05) is 27.7 Å². The number of halogens is 1. The topological polar surface area (TPSA) is 73.8 Å². The van der Waals surface area contributed by atoms with E-state index in [4.69, 9.17) is 0 Å². The molecule has 0 aliphatic carbocycles. The van der Waals surface area contributed by atoms with Gasteiger partial charge < -0.3 is 4.90 Å². The smallest absolute Gasteiger partial charge is 0.260 e. The number of sulfonamides is 1. The van der Waals surface area contributed by atoms with Crippen molar-refractivity contribution < 1.29 is 17.6 Å². The number of hydrogen-bond donors (Lipinski definition) is 0. The van der Waals surface area contributed by atoms with Crippen LogP contribution in [0.1, 0.15) is 51.9 Å². The highest BCUT2D eigenvalue weighted by molar-refractivity contribution is 7.89. The second kappa shape index (κ2) is 13.1. The Morgan fingerprint density at radius 2 is 1.55 bits per heavy atom. The van der Waals surface area contributed by atoms with E-state index in [0.29, 0.717) is 41.6 Å². The van der Waals surface area contributed by atoms with Crippen LogP contribution in [0.3, 0.4) is 0 Å². The molecule has 10 heteroatoms. The normalized spacial score (nSPS) is 12.4. The minimum atomic E-state index is -3.71. The summed E-state index contributed by atoms with van der Waals surface area (Å²) in [5.41, 5.74) is 0.590. The fourth-order valence-corrected chi connectivity index (χ4v) is 7.02. The van der Waals surface area contributed by atoms with E-state index in [2.05, 4.69) is 23.7 Å². The molecule has 7 nitrogen and oxygen atoms in total. The van der Waals surface area contributed by atoms with Crippen LogP contribution < -0.4 is 4.90 Å². The summed E-state index contributed by atoms with van der Waals surface area (Å²) in [5.74, 6) is -0.366. The maximum absolute atomic E-state index is 14.4. The van der Waals surface area contributed by atoms with Crippen molar-refractivity contribution in [2.45, 2.75) is 46.4 Å². The lowest BCUT2D eigenvalue weighted by atomic mass is 10.2. The van der Waals surface area contributed by atoms with Crippen LogP contribution in [0.5, 0.6) is 0 Å². The predicted octanol–water partition coefficient (Wildman–Crippen LogP) is 5.73. The molecule has 1 heterocycles. The van der Waals surface area contributed by atoms with Gasteiger partial charge in [0.25, 0.3) is 5.91 Å². The van der Waals surface area contributed by atoms with Gasteiger partial charge in [0.15, 0.2) is 5.13 Å². The zero-order valence-corrected chi connectivity index (χ0v) is 24.8. The Morgan fingerprint density at radius 3 is 2.08 bits per heavy atom. The number of nitrogens with zero attached hydrogens (tertiary/aromatic N) is 4. The molecule has 3 aromatic rings. The van der Waals surface area contributed by atoms with Crippen LogP contribution in [-0.2, 0) is 10.0 Å². The van der Waals surface area contributed by atoms with Crippen molar-refractivity contribution in [3.05, 3.63) is 53.8 Å². The molecule has 0 spiro atoms. The zero-order valence-electron chi connectivity index (χ0n) is 23.1. The summed E-state index contributed by atoms with van der Waals surface area (Å²) in [7, 11) is -3.71. The predicted molar refractivity (Wildman–Crippen MR) is 154 cm³/mol. The van der Waals surface area contributed by atoms with Gasteiger partial charge in [-0.2, -0.15) is 4.31 Å². The Balaban J connectivity index is 1.93. The maximum atomic E-state index is 14.4. The monoisotopic (exact) mass is 562 g/mol. The molecule has 1 amide bonds. The minimum Gasteiger partial charge on any atom is -0.302 e. The summed E-state index contributed by atoms with van der Waals surface area (Å²) in [4.78, 5) is 22.1. The van der Waals surface area contributed by atoms with Crippen LogP contribution in [0.25, 0.3) is 10.2 Å². The maximum Gasteiger partial charge on any atom is 0.260 e. The summed E-state index contributed by atoms with van der Waals surface area (Å²) in [6, 6.07) is 10.9. The average molecular weight is 563 g/mol. The highest BCUT2D eigenvalue weighted by atomic mass is 32.2. The van der Waals surface area contributed by atoms with Gasteiger partial charge in [-0.25, -0.2) is 17.8 Å². The first-order valence-corrected chi connectivity index (χ1v) is 15.4. The van der Waals surface area contributed by atoms with Crippen LogP contribution in [-0.4, -0.2) is 67.8 Å². The molecule has 0 aliphatic heterocycles. The Bertz CT molecular complexity index is 1310. The van der Waals surface area contributed by atoms with Gasteiger partial charge in [-0.1, -0.05) is 58.9 Å². The fourth-order valence-electron chi connectivity index (χ4n) is 4.24. The lowest BCUT2D eigenvalue weighted by Gasteiger charge is -2.26. The summed E-state index contributed by atoms with van der Waals surface area (Å²) < 4.78 is 43.3. The highest BCUT2D eigenvalue weighted by Gasteiger charge is 2.27. The van der Waals surface area contributed by atoms with Gasteiger partial charge in [-0.05, 0) is 61.3 Å². The third-order valence-electron chi connectivity index (χ3n) is 6.25. The number of rotatable bonds is 13. The third kappa shape index (κ3) is 7.16. The molecule has 38 heavy (non-hydrogen) atoms. The number of hydrogen-bond acceptors (Lipinski definition) is 6. The standard InChI is InChI=1S/C28H39FN4O3S2/c1-7-31(8-2)16-17-33(28-30-26-24(29)10-9-11-25(26)37-28)27(34)22-12-14-23(15-13-22)38(35,36)32(18-20(3)4)19-21(5)6/h9-15,20-21H,7-8,16-19H2,1-6H3. The van der Waals surface area contributed by atoms with E-state index in [9.17, 15) is 17.6 Å². The average Bonchev–Trinajstić information content (AvgIpc) is 3.31. The summed E-state index contributed by atoms with van der Waals surface area (Å²) >= 11 is 1.26. The number of thiazole rings is 1. The lowest BCUT2D eigenvalue weighted by Crippen LogP contribution is -2.39. The van der Waals surface area contributed by atoms with E-state index in [1.54, 1.807) is 29.2 Å². The molecular weight excluding hydrogens is 523 g/mol. The molecule has 208 valence electrons. The van der Waals surface area contributed by atoms with Crippen LogP contribution in [0, 0.1) is 17.7 Å². The number of para-hydroxylation sites is 1. The quantitative estimate of drug-likeness (QED) is 0.266. The number of anilines is 1. The second-order valence-electron chi connectivity index (χ2n) is 10.2. The van der Waals surface area contributed by atoms with Crippen LogP contribution >= 0.6 is 11.3 Å². The molecule has 1 aromatic heterocycles. The van der Waals surface area contributed by atoms with Gasteiger partial charge in [0.2, 0.25) is 10.0 Å². The Labute approximate surface area is 230 Å². The van der Waals surface area contributed by atoms with Crippen molar-refractivity contribution in [2.24, 2.45) is 11.8 Å². The van der Waals surface area contributed by atoms with Gasteiger partial charge in [0.1, 0.15) is 11.3 Å². The Kier molecular flexibility index (Phi) is 10.4. The van der Waals surface area contributed by atoms with Crippen LogP contribution in [0.4, 0.5) is 9.52 Å². The number of fused-ring (bicyclic) bond motifs is 1. The molecule has 0 radical (unpaired) electrons. The SMILES string of the molecule is CCN(CC)CCN(C(=O)c1ccc(S(=O)(=O)N(CC(C)C)CC(C)C)cc1)c1nc2c(F)cccc2s1. The highest BCUT2D eigenvalue weighted by Crippen LogP contribution is 2.31. The molecule has 0 unspecified atom stereocenters. The van der Waals surface area contributed by atoms with Gasteiger partial charge in [-0.15, -0.1) is 0 Å². The molecule has 0 fully saturated rings. The number of benzene rings is 2. The van der Waals surface area contributed by atoms with Crippen molar-refractivity contribution in [2.75, 3.05) is 44.2 Å². The molecular formula is C28H39FN4O3S2. The number of carbonyl (C=O) groups is 1. The first-order valence-electron chi connectivity index (χ1n) is 13.2. The molecule has 3 rings (SSSR count). The van der Waals surface area contributed by atoms with E-state index in [1.165, 1.54) is 33.8 Å². The minimum absolute atomic E-state index is 0.159. The first kappa shape index (κ1) is 30.1. The molecule has 0 bridgehead atoms. The number of likely N-dealkylation sites (N-methyl/N-ethyl adjacent to an activating group) is 1. The summed E-state index contributed by atoms with van der Waals surface area (Å²) in [6.07, 6.45) is 0. The zero-order chi connectivity index (χ0) is 28.0. The largest absolute Gasteiger partial charge is 0.302 e. The van der Waals surface area contributed by atoms with E-state index in [-0.39, 0.29) is 28.2 Å². The van der Waals surface area contributed by atoms with E-state index < -0.39 is 15.8 Å². The summed E-state index contributed by atoms with van der Waals surface area (Å²) in [6.45, 7) is 15.6. The summed E-state index contributed by atoms with van der Waals surface area (Å²) in [5, 5.41) is 0.416. The van der Waals surface area contributed by atoms with Gasteiger partial charge >= 0.3 is 0 Å². The molecule has 0 saturated heterocycles. The van der Waals surface area contributed by atoms with E-state index in [0.717, 1.165) is 13.1 Å². The van der Waals surface area contributed by atoms with Crippen LogP contribution in [0.15, 0.2) is 47.4 Å². The molecule has 0 saturated carbocycles. The number of amides is 1. The molecule has 2 aromatic carbocycles. The second-order valence-corrected chi connectivity index (χ2v) is 13.1. The molecule has 0 atom stereocenters. The molecule has 0 N–H and O–H groups in total. The van der Waals surface area contributed by atoms with E-state index >= 15 is 0 Å². The number of aromatic nitrogens is 1. The Morgan fingerprint density at radius 1 is 0.947 bits per heavy atom. The fraction of sp³-hybridized carbons (Fsp3) is 0.500. The lowest BCUT2D eigenvalue weighted by molar-refractivity contribution is 0.0983. The van der Waals surface area contributed by atoms with Crippen molar-refractivity contribution in [1.29, 1.82) is 0 Å². The van der Waals surface area contributed by atoms with Crippen molar-refractivity contribution in [1.82, 2.24) is 14.2 Å². The van der Waals surface area contributed by atoms with Crippen molar-refractivity contribution in [3.8, 4) is 0 Å². The van der Waals surface area contributed by atoms with Crippen LogP contribution in [0.2, 0.25) is 0 Å². The van der Waals surface area contributed by atoms with Gasteiger partial charge in [0, 0.05) is 31.7 Å². The van der Waals surface area contributed by atoms with Crippen molar-refractivity contribution >= 4 is 42.6 Å². The van der Waals surface area contributed by atoms with Gasteiger partial charge in [0.05, 0.1) is 9.60 Å². The number of carbonyl (C=O) groups excluding carboxylic acids is 1. The first-order chi connectivity index (χ1) is 18.0. The Hall–Kier alpha value is -2.40. The van der Waals surface area contributed by atoms with Gasteiger partial charge in [-0.3, -0.25) is 9.69 Å². The third-order valence-corrected chi connectivity index (χ3v) is 9.13. The molecule has 0 aliphatic rings.